The molecule has 0 aliphatic carbocycles. The van der Waals surface area contributed by atoms with E-state index in [0.29, 0.717) is 11.0 Å². The van der Waals surface area contributed by atoms with Crippen LogP contribution in [0.4, 0.5) is 0 Å². The zero-order chi connectivity index (χ0) is 42.8. The Morgan fingerprint density at radius 1 is 0.517 bits per heavy atom. The van der Waals surface area contributed by atoms with Crippen LogP contribution in [-0.4, -0.2) is 74.9 Å². The van der Waals surface area contributed by atoms with Crippen molar-refractivity contribution in [2.45, 2.75) is 225 Å². The van der Waals surface area contributed by atoms with Crippen LogP contribution in [-0.2, 0) is 32.7 Å². The van der Waals surface area contributed by atoms with Crippen molar-refractivity contribution in [3.63, 3.8) is 0 Å². The summed E-state index contributed by atoms with van der Waals surface area (Å²) in [6.45, 7) is 4.29. The van der Waals surface area contributed by atoms with E-state index in [4.69, 9.17) is 18.5 Å². The van der Waals surface area contributed by atoms with E-state index in [-0.39, 0.29) is 13.2 Å². The molecule has 0 saturated carbocycles. The maximum Gasteiger partial charge on any atom is 0.472 e. The fourth-order valence-corrected chi connectivity index (χ4v) is 7.56. The Labute approximate surface area is 358 Å². The van der Waals surface area contributed by atoms with E-state index in [1.807, 2.05) is 27.2 Å². The fraction of sp³-hybridized carbons (Fsp3) is 0.875. The van der Waals surface area contributed by atoms with Gasteiger partial charge < -0.3 is 18.9 Å². The highest BCUT2D eigenvalue weighted by Crippen LogP contribution is 2.43. The molecule has 2 atom stereocenters. The molecular formula is C48H93NO8P+. The molecule has 0 fully saturated rings. The standard InChI is InChI=1S/C48H92NO8P/c1-6-8-10-12-14-16-18-20-22-24-26-28-30-32-34-36-38-40-47(50)54-44-46(45-56-58(52,53)55-43-42-49(3,4)5)57-48(51)41-39-37-35-33-31-29-27-25-23-21-19-17-15-13-11-9-7-2/h38-41,46H,6-37,42-45H2,1-5H3/p+1/b40-38?,41-39-/t46-/m1/s1. The molecule has 58 heavy (non-hydrogen) atoms. The van der Waals surface area contributed by atoms with Crippen LogP contribution in [0.2, 0.25) is 0 Å². The summed E-state index contributed by atoms with van der Waals surface area (Å²) in [5, 5.41) is 0. The minimum Gasteiger partial charge on any atom is -0.458 e. The van der Waals surface area contributed by atoms with Crippen LogP contribution in [0.15, 0.2) is 24.3 Å². The lowest BCUT2D eigenvalue weighted by molar-refractivity contribution is -0.870. The van der Waals surface area contributed by atoms with Crippen molar-refractivity contribution in [1.29, 1.82) is 0 Å². The van der Waals surface area contributed by atoms with Gasteiger partial charge in [-0.25, -0.2) is 14.2 Å². The molecule has 342 valence electrons. The molecule has 0 aromatic carbocycles. The van der Waals surface area contributed by atoms with Gasteiger partial charge in [0.1, 0.15) is 19.8 Å². The molecule has 0 aliphatic heterocycles. The van der Waals surface area contributed by atoms with Gasteiger partial charge in [0, 0.05) is 12.2 Å². The van der Waals surface area contributed by atoms with Crippen LogP contribution in [0, 0.1) is 0 Å². The summed E-state index contributed by atoms with van der Waals surface area (Å²) in [6.07, 6.45) is 46.1. The summed E-state index contributed by atoms with van der Waals surface area (Å²) in [7, 11) is 1.43. The lowest BCUT2D eigenvalue weighted by atomic mass is 10.0. The molecule has 0 amide bonds. The van der Waals surface area contributed by atoms with Crippen molar-refractivity contribution in [3.05, 3.63) is 24.3 Å². The van der Waals surface area contributed by atoms with E-state index in [0.717, 1.165) is 38.5 Å². The second kappa shape index (κ2) is 40.9. The topological polar surface area (TPSA) is 108 Å². The molecule has 0 heterocycles. The Bertz CT molecular complexity index is 1040. The minimum atomic E-state index is -4.40. The number of phosphoric acid groups is 1. The van der Waals surface area contributed by atoms with Gasteiger partial charge in [0.05, 0.1) is 27.7 Å². The van der Waals surface area contributed by atoms with E-state index in [1.54, 1.807) is 6.08 Å². The number of hydrogen-bond acceptors (Lipinski definition) is 7. The molecule has 0 aliphatic rings. The summed E-state index contributed by atoms with van der Waals surface area (Å²) in [6, 6.07) is 0. The van der Waals surface area contributed by atoms with E-state index < -0.39 is 32.5 Å². The number of phosphoric ester groups is 1. The van der Waals surface area contributed by atoms with Gasteiger partial charge >= 0.3 is 19.8 Å². The van der Waals surface area contributed by atoms with Gasteiger partial charge in [-0.3, -0.25) is 9.05 Å². The van der Waals surface area contributed by atoms with Crippen molar-refractivity contribution >= 4 is 19.8 Å². The van der Waals surface area contributed by atoms with Crippen LogP contribution < -0.4 is 0 Å². The van der Waals surface area contributed by atoms with Gasteiger partial charge in [-0.15, -0.1) is 0 Å². The summed E-state index contributed by atoms with van der Waals surface area (Å²) in [4.78, 5) is 35.3. The number of likely N-dealkylation sites (N-methyl/N-ethyl adjacent to an activating group) is 1. The maximum absolute atomic E-state index is 12.6. The second-order valence-electron chi connectivity index (χ2n) is 17.6. The molecule has 10 heteroatoms. The van der Waals surface area contributed by atoms with Gasteiger partial charge in [-0.05, 0) is 25.7 Å². The largest absolute Gasteiger partial charge is 0.472 e. The van der Waals surface area contributed by atoms with Crippen LogP contribution >= 0.6 is 7.82 Å². The van der Waals surface area contributed by atoms with Crippen molar-refractivity contribution in [2.75, 3.05) is 47.5 Å². The third-order valence-corrected chi connectivity index (χ3v) is 11.6. The van der Waals surface area contributed by atoms with E-state index in [9.17, 15) is 19.0 Å². The van der Waals surface area contributed by atoms with Crippen LogP contribution in [0.5, 0.6) is 0 Å². The van der Waals surface area contributed by atoms with E-state index in [2.05, 4.69) is 13.8 Å². The highest BCUT2D eigenvalue weighted by atomic mass is 31.2. The number of quaternary nitrogens is 1. The molecule has 0 rings (SSSR count). The Kier molecular flexibility index (Phi) is 39.8. The second-order valence-corrected chi connectivity index (χ2v) is 19.0. The molecule has 0 saturated heterocycles. The first-order valence-corrected chi connectivity index (χ1v) is 25.6. The first-order chi connectivity index (χ1) is 28.0. The zero-order valence-corrected chi connectivity index (χ0v) is 39.4. The van der Waals surface area contributed by atoms with Gasteiger partial charge in [-0.1, -0.05) is 206 Å². The van der Waals surface area contributed by atoms with Crippen molar-refractivity contribution < 1.29 is 42.1 Å². The molecule has 9 nitrogen and oxygen atoms in total. The summed E-state index contributed by atoms with van der Waals surface area (Å²) in [5.74, 6) is -1.18. The number of ether oxygens (including phenoxy) is 2. The van der Waals surface area contributed by atoms with Crippen molar-refractivity contribution in [2.24, 2.45) is 0 Å². The van der Waals surface area contributed by atoms with E-state index in [1.165, 1.54) is 179 Å². The lowest BCUT2D eigenvalue weighted by Crippen LogP contribution is -2.37. The third-order valence-electron chi connectivity index (χ3n) is 10.6. The number of carbonyl (C=O) groups excluding carboxylic acids is 2. The molecule has 0 spiro atoms. The lowest BCUT2D eigenvalue weighted by Gasteiger charge is -2.24. The van der Waals surface area contributed by atoms with Gasteiger partial charge in [0.25, 0.3) is 0 Å². The third kappa shape index (κ3) is 44.1. The summed E-state index contributed by atoms with van der Waals surface area (Å²) in [5.41, 5.74) is 0. The number of rotatable bonds is 44. The van der Waals surface area contributed by atoms with Crippen molar-refractivity contribution in [3.8, 4) is 0 Å². The molecule has 1 unspecified atom stereocenters. The zero-order valence-electron chi connectivity index (χ0n) is 38.5. The number of carbonyl (C=O) groups is 2. The Morgan fingerprint density at radius 3 is 1.22 bits per heavy atom. The number of nitrogens with zero attached hydrogens (tertiary/aromatic N) is 1. The van der Waals surface area contributed by atoms with Crippen LogP contribution in [0.25, 0.3) is 0 Å². The number of esters is 2. The Balaban J connectivity index is 4.37. The summed E-state index contributed by atoms with van der Waals surface area (Å²) < 4.78 is 34.1. The minimum absolute atomic E-state index is 0.0168. The van der Waals surface area contributed by atoms with Gasteiger partial charge in [0.2, 0.25) is 0 Å². The fourth-order valence-electron chi connectivity index (χ4n) is 6.81. The highest BCUT2D eigenvalue weighted by Gasteiger charge is 2.26. The normalized spacial score (nSPS) is 13.7. The quantitative estimate of drug-likeness (QED) is 0.0212. The van der Waals surface area contributed by atoms with Gasteiger partial charge in [-0.2, -0.15) is 0 Å². The van der Waals surface area contributed by atoms with Crippen LogP contribution in [0.1, 0.15) is 219 Å². The summed E-state index contributed by atoms with van der Waals surface area (Å²) >= 11 is 0. The monoisotopic (exact) mass is 843 g/mol. The SMILES string of the molecule is CCCCCCCCCCCCCCCCCC=CC(=O)OC[C@H](COP(=O)(O)OCC[N+](C)(C)C)OC(=O)/C=C\CCCCCCCCCCCCCCCCC. The smallest absolute Gasteiger partial charge is 0.458 e. The Hall–Kier alpha value is -1.51. The average molecular weight is 843 g/mol. The first-order valence-electron chi connectivity index (χ1n) is 24.1. The average Bonchev–Trinajstić information content (AvgIpc) is 3.17. The maximum atomic E-state index is 12.6. The van der Waals surface area contributed by atoms with Crippen molar-refractivity contribution in [1.82, 2.24) is 0 Å². The predicted octanol–water partition coefficient (Wildman–Crippen LogP) is 13.9. The van der Waals surface area contributed by atoms with E-state index >= 15 is 0 Å². The van der Waals surface area contributed by atoms with Crippen LogP contribution in [0.3, 0.4) is 0 Å². The predicted molar refractivity (Wildman–Crippen MR) is 243 cm³/mol. The molecule has 0 radical (unpaired) electrons. The first kappa shape index (κ1) is 56.5. The Morgan fingerprint density at radius 2 is 0.862 bits per heavy atom. The molecular weight excluding hydrogens is 750 g/mol. The molecule has 0 bridgehead atoms. The molecule has 1 N–H and O–H groups in total. The number of hydrogen-bond donors (Lipinski definition) is 1. The van der Waals surface area contributed by atoms with Gasteiger partial charge in [0.15, 0.2) is 6.10 Å². The number of unbranched alkanes of at least 4 members (excludes halogenated alkanes) is 30. The molecule has 0 aromatic rings. The molecule has 0 aromatic heterocycles. The number of allylic oxidation sites excluding steroid dienone is 2. The highest BCUT2D eigenvalue weighted by molar-refractivity contribution is 7.47.